The summed E-state index contributed by atoms with van der Waals surface area (Å²) in [6, 6.07) is 6.58. The monoisotopic (exact) mass is 316 g/mol. The fourth-order valence-electron chi connectivity index (χ4n) is 2.00. The minimum absolute atomic E-state index is 0.0855. The Hall–Kier alpha value is -2.75. The van der Waals surface area contributed by atoms with Crippen LogP contribution in [0.3, 0.4) is 0 Å². The summed E-state index contributed by atoms with van der Waals surface area (Å²) in [5.74, 6) is 0.346. The van der Waals surface area contributed by atoms with Crippen molar-refractivity contribution in [3.05, 3.63) is 35.5 Å². The third-order valence-corrected chi connectivity index (χ3v) is 3.42. The minimum Gasteiger partial charge on any atom is -0.345 e. The van der Waals surface area contributed by atoms with E-state index < -0.39 is 0 Å². The summed E-state index contributed by atoms with van der Waals surface area (Å²) in [6.07, 6.45) is 0.853. The highest BCUT2D eigenvalue weighted by Gasteiger charge is 2.13. The van der Waals surface area contributed by atoms with Gasteiger partial charge < -0.3 is 9.42 Å². The van der Waals surface area contributed by atoms with Gasteiger partial charge in [0.2, 0.25) is 17.6 Å². The standard InChI is InChI=1S/C16H17FN4O2/c1-11-10-12(4-5-13(11)17)16-19-14(23-20-16)6-7-15(22)21(2)9-3-8-18/h4-5,10H,3,6-7,9H2,1-2H3. The third kappa shape index (κ3) is 4.36. The van der Waals surface area contributed by atoms with Crippen molar-refractivity contribution in [2.45, 2.75) is 26.2 Å². The first-order valence-corrected chi connectivity index (χ1v) is 7.21. The molecule has 0 bridgehead atoms. The molecule has 23 heavy (non-hydrogen) atoms. The Labute approximate surface area is 133 Å². The van der Waals surface area contributed by atoms with E-state index in [4.69, 9.17) is 9.78 Å². The van der Waals surface area contributed by atoms with E-state index in [9.17, 15) is 9.18 Å². The van der Waals surface area contributed by atoms with Crippen molar-refractivity contribution in [1.29, 1.82) is 5.26 Å². The van der Waals surface area contributed by atoms with Crippen molar-refractivity contribution >= 4 is 5.91 Å². The van der Waals surface area contributed by atoms with Crippen molar-refractivity contribution < 1.29 is 13.7 Å². The van der Waals surface area contributed by atoms with Crippen LogP contribution in [0.4, 0.5) is 4.39 Å². The van der Waals surface area contributed by atoms with E-state index in [2.05, 4.69) is 10.1 Å². The molecule has 7 heteroatoms. The van der Waals surface area contributed by atoms with Crippen LogP contribution < -0.4 is 0 Å². The maximum atomic E-state index is 13.3. The Morgan fingerprint density at radius 3 is 2.96 bits per heavy atom. The number of aryl methyl sites for hydroxylation is 2. The Morgan fingerprint density at radius 2 is 2.26 bits per heavy atom. The molecule has 1 aromatic heterocycles. The molecule has 1 amide bonds. The summed E-state index contributed by atoms with van der Waals surface area (Å²) < 4.78 is 18.4. The van der Waals surface area contributed by atoms with Crippen LogP contribution in [0.15, 0.2) is 22.7 Å². The maximum Gasteiger partial charge on any atom is 0.227 e. The molecule has 2 rings (SSSR count). The Bertz CT molecular complexity index is 736. The second kappa shape index (κ2) is 7.49. The number of carbonyl (C=O) groups excluding carboxylic acids is 1. The second-order valence-electron chi connectivity index (χ2n) is 5.20. The van der Waals surface area contributed by atoms with Crippen LogP contribution in [-0.2, 0) is 11.2 Å². The van der Waals surface area contributed by atoms with Gasteiger partial charge in [0.15, 0.2) is 0 Å². The number of carbonyl (C=O) groups is 1. The van der Waals surface area contributed by atoms with E-state index in [1.54, 1.807) is 26.1 Å². The molecule has 1 heterocycles. The molecule has 0 aliphatic heterocycles. The molecule has 0 spiro atoms. The molecule has 0 radical (unpaired) electrons. The first kappa shape index (κ1) is 16.6. The van der Waals surface area contributed by atoms with Gasteiger partial charge in [-0.15, -0.1) is 0 Å². The molecule has 0 unspecified atom stereocenters. The average molecular weight is 316 g/mol. The number of aromatic nitrogens is 2. The Balaban J connectivity index is 1.96. The summed E-state index contributed by atoms with van der Waals surface area (Å²) in [7, 11) is 1.65. The molecule has 0 aliphatic rings. The molecule has 6 nitrogen and oxygen atoms in total. The molecule has 1 aromatic carbocycles. The van der Waals surface area contributed by atoms with E-state index >= 15 is 0 Å². The number of hydrogen-bond donors (Lipinski definition) is 0. The summed E-state index contributed by atoms with van der Waals surface area (Å²) in [6.45, 7) is 2.06. The fourth-order valence-corrected chi connectivity index (χ4v) is 2.00. The normalized spacial score (nSPS) is 10.3. The molecule has 0 saturated heterocycles. The molecular weight excluding hydrogens is 299 g/mol. The lowest BCUT2D eigenvalue weighted by atomic mass is 10.1. The van der Waals surface area contributed by atoms with E-state index in [1.165, 1.54) is 11.0 Å². The quantitative estimate of drug-likeness (QED) is 0.817. The van der Waals surface area contributed by atoms with E-state index in [0.29, 0.717) is 42.2 Å². The first-order chi connectivity index (χ1) is 11.0. The summed E-state index contributed by atoms with van der Waals surface area (Å²) in [4.78, 5) is 17.6. The summed E-state index contributed by atoms with van der Waals surface area (Å²) in [5, 5.41) is 12.4. The molecule has 0 fully saturated rings. The molecular formula is C16H17FN4O2. The third-order valence-electron chi connectivity index (χ3n) is 3.42. The Morgan fingerprint density at radius 1 is 1.48 bits per heavy atom. The molecule has 0 atom stereocenters. The molecule has 120 valence electrons. The van der Waals surface area contributed by atoms with Gasteiger partial charge in [-0.3, -0.25) is 4.79 Å². The van der Waals surface area contributed by atoms with Gasteiger partial charge in [0, 0.05) is 32.0 Å². The van der Waals surface area contributed by atoms with Crippen LogP contribution in [0.1, 0.15) is 24.3 Å². The predicted octanol–water partition coefficient (Wildman–Crippen LogP) is 2.49. The zero-order chi connectivity index (χ0) is 16.8. The lowest BCUT2D eigenvalue weighted by Gasteiger charge is -2.14. The zero-order valence-electron chi connectivity index (χ0n) is 13.0. The number of nitrogens with zero attached hydrogens (tertiary/aromatic N) is 4. The first-order valence-electron chi connectivity index (χ1n) is 7.21. The van der Waals surface area contributed by atoms with Crippen LogP contribution in [0, 0.1) is 24.1 Å². The van der Waals surface area contributed by atoms with E-state index in [-0.39, 0.29) is 18.1 Å². The number of hydrogen-bond acceptors (Lipinski definition) is 5. The van der Waals surface area contributed by atoms with Crippen LogP contribution >= 0.6 is 0 Å². The van der Waals surface area contributed by atoms with Gasteiger partial charge in [0.05, 0.1) is 12.5 Å². The molecule has 2 aromatic rings. The van der Waals surface area contributed by atoms with Crippen LogP contribution in [-0.4, -0.2) is 34.5 Å². The summed E-state index contributed by atoms with van der Waals surface area (Å²) in [5.41, 5.74) is 1.17. The highest BCUT2D eigenvalue weighted by atomic mass is 19.1. The molecule has 0 N–H and O–H groups in total. The van der Waals surface area contributed by atoms with Crippen molar-refractivity contribution in [1.82, 2.24) is 15.0 Å². The Kier molecular flexibility index (Phi) is 5.41. The van der Waals surface area contributed by atoms with Gasteiger partial charge in [0.25, 0.3) is 0 Å². The maximum absolute atomic E-state index is 13.3. The van der Waals surface area contributed by atoms with Crippen molar-refractivity contribution in [3.63, 3.8) is 0 Å². The number of nitriles is 1. The lowest BCUT2D eigenvalue weighted by Crippen LogP contribution is -2.27. The highest BCUT2D eigenvalue weighted by Crippen LogP contribution is 2.19. The van der Waals surface area contributed by atoms with Gasteiger partial charge in [-0.1, -0.05) is 5.16 Å². The number of rotatable bonds is 6. The van der Waals surface area contributed by atoms with Gasteiger partial charge in [-0.2, -0.15) is 10.2 Å². The van der Waals surface area contributed by atoms with Crippen LogP contribution in [0.2, 0.25) is 0 Å². The van der Waals surface area contributed by atoms with Crippen LogP contribution in [0.5, 0.6) is 0 Å². The average Bonchev–Trinajstić information content (AvgIpc) is 3.01. The van der Waals surface area contributed by atoms with Crippen LogP contribution in [0.25, 0.3) is 11.4 Å². The SMILES string of the molecule is Cc1cc(-c2noc(CCC(=O)N(C)CCC#N)n2)ccc1F. The smallest absolute Gasteiger partial charge is 0.227 e. The molecule has 0 saturated carbocycles. The topological polar surface area (TPSA) is 83.0 Å². The minimum atomic E-state index is -0.288. The van der Waals surface area contributed by atoms with Gasteiger partial charge in [-0.25, -0.2) is 4.39 Å². The predicted molar refractivity (Wildman–Crippen MR) is 80.6 cm³/mol. The second-order valence-corrected chi connectivity index (χ2v) is 5.20. The van der Waals surface area contributed by atoms with Gasteiger partial charge in [-0.05, 0) is 30.7 Å². The fraction of sp³-hybridized carbons (Fsp3) is 0.375. The number of benzene rings is 1. The number of amides is 1. The van der Waals surface area contributed by atoms with Crippen molar-refractivity contribution in [2.24, 2.45) is 0 Å². The van der Waals surface area contributed by atoms with E-state index in [0.717, 1.165) is 0 Å². The number of halogens is 1. The highest BCUT2D eigenvalue weighted by molar-refractivity contribution is 5.76. The summed E-state index contributed by atoms with van der Waals surface area (Å²) >= 11 is 0. The van der Waals surface area contributed by atoms with Crippen molar-refractivity contribution in [2.75, 3.05) is 13.6 Å². The van der Waals surface area contributed by atoms with Gasteiger partial charge in [0.1, 0.15) is 5.82 Å². The largest absolute Gasteiger partial charge is 0.345 e. The lowest BCUT2D eigenvalue weighted by molar-refractivity contribution is -0.129. The zero-order valence-corrected chi connectivity index (χ0v) is 13.0. The van der Waals surface area contributed by atoms with Gasteiger partial charge >= 0.3 is 0 Å². The van der Waals surface area contributed by atoms with Crippen molar-refractivity contribution in [3.8, 4) is 17.5 Å². The van der Waals surface area contributed by atoms with E-state index in [1.807, 2.05) is 6.07 Å². The molecule has 0 aliphatic carbocycles.